The summed E-state index contributed by atoms with van der Waals surface area (Å²) in [5.74, 6) is 0.739. The van der Waals surface area contributed by atoms with Crippen LogP contribution in [0.25, 0.3) is 0 Å². The molecule has 0 saturated heterocycles. The first-order valence-electron chi connectivity index (χ1n) is 7.57. The molecular weight excluding hydrogens is 248 g/mol. The maximum Gasteiger partial charge on any atom is 0.0378 e. The molecule has 3 atom stereocenters. The average Bonchev–Trinajstić information content (AvgIpc) is 2.41. The fraction of sp³-hybridized carbons (Fsp3) is 0.688. The molecule has 1 aromatic heterocycles. The lowest BCUT2D eigenvalue weighted by Crippen LogP contribution is -2.60. The van der Waals surface area contributed by atoms with Crippen LogP contribution in [0.4, 0.5) is 5.69 Å². The maximum atomic E-state index is 6.62. The topological polar surface area (TPSA) is 68.2 Å². The number of nitrogen functional groups attached to an aromatic ring is 1. The molecule has 0 amide bonds. The summed E-state index contributed by atoms with van der Waals surface area (Å²) in [4.78, 5) is 6.51. The molecule has 3 unspecified atom stereocenters. The lowest BCUT2D eigenvalue weighted by molar-refractivity contribution is 0.0504. The van der Waals surface area contributed by atoms with Gasteiger partial charge in [0.25, 0.3) is 0 Å². The van der Waals surface area contributed by atoms with Crippen molar-refractivity contribution in [3.8, 4) is 0 Å². The van der Waals surface area contributed by atoms with Crippen LogP contribution in [0.3, 0.4) is 0 Å². The smallest absolute Gasteiger partial charge is 0.0378 e. The van der Waals surface area contributed by atoms with E-state index in [2.05, 4.69) is 30.9 Å². The molecule has 1 fully saturated rings. The van der Waals surface area contributed by atoms with E-state index in [-0.39, 0.29) is 11.6 Å². The van der Waals surface area contributed by atoms with Crippen molar-refractivity contribution in [3.05, 3.63) is 24.0 Å². The Morgan fingerprint density at radius 3 is 2.85 bits per heavy atom. The summed E-state index contributed by atoms with van der Waals surface area (Å²) >= 11 is 0. The number of anilines is 1. The van der Waals surface area contributed by atoms with Crippen LogP contribution in [0.2, 0.25) is 0 Å². The van der Waals surface area contributed by atoms with E-state index in [1.807, 2.05) is 12.3 Å². The Balaban J connectivity index is 2.19. The summed E-state index contributed by atoms with van der Waals surface area (Å²) < 4.78 is 0. The summed E-state index contributed by atoms with van der Waals surface area (Å²) in [7, 11) is 4.31. The van der Waals surface area contributed by atoms with Gasteiger partial charge in [0.1, 0.15) is 0 Å². The summed E-state index contributed by atoms with van der Waals surface area (Å²) in [6.45, 7) is 2.34. The largest absolute Gasteiger partial charge is 0.398 e. The zero-order chi connectivity index (χ0) is 14.8. The van der Waals surface area contributed by atoms with E-state index in [1.165, 1.54) is 25.7 Å². The highest BCUT2D eigenvalue weighted by atomic mass is 15.2. The summed E-state index contributed by atoms with van der Waals surface area (Å²) in [5.41, 5.74) is 14.6. The highest BCUT2D eigenvalue weighted by Gasteiger charge is 2.42. The molecule has 4 N–H and O–H groups in total. The van der Waals surface area contributed by atoms with Crippen LogP contribution >= 0.6 is 0 Å². The number of hydrogen-bond acceptors (Lipinski definition) is 4. The Labute approximate surface area is 122 Å². The van der Waals surface area contributed by atoms with Crippen molar-refractivity contribution in [1.82, 2.24) is 9.88 Å². The summed E-state index contributed by atoms with van der Waals surface area (Å²) in [6.07, 6.45) is 9.30. The van der Waals surface area contributed by atoms with Gasteiger partial charge in [-0.25, -0.2) is 0 Å². The number of likely N-dealkylation sites (N-methyl/N-ethyl adjacent to an activating group) is 1. The van der Waals surface area contributed by atoms with Gasteiger partial charge in [-0.15, -0.1) is 0 Å². The monoisotopic (exact) mass is 276 g/mol. The van der Waals surface area contributed by atoms with E-state index in [4.69, 9.17) is 11.5 Å². The number of rotatable bonds is 4. The third kappa shape index (κ3) is 2.96. The second-order valence-corrected chi connectivity index (χ2v) is 6.58. The van der Waals surface area contributed by atoms with Crippen molar-refractivity contribution in [2.24, 2.45) is 11.7 Å². The van der Waals surface area contributed by atoms with Crippen LogP contribution in [0, 0.1) is 5.92 Å². The van der Waals surface area contributed by atoms with Gasteiger partial charge in [0.15, 0.2) is 0 Å². The normalized spacial score (nSPS) is 28.6. The van der Waals surface area contributed by atoms with Crippen LogP contribution in [0.1, 0.15) is 38.2 Å². The fourth-order valence-corrected chi connectivity index (χ4v) is 3.67. The van der Waals surface area contributed by atoms with Gasteiger partial charge in [0.2, 0.25) is 0 Å². The standard InChI is InChI=1S/C16H28N4/c1-12-5-4-7-16(10-12,20(2)3)15(18)9-13-11-19-8-6-14(13)17/h6,8,11-12,15H,4-5,7,9-10,18H2,1-3H3,(H2,17,19). The van der Waals surface area contributed by atoms with Gasteiger partial charge in [-0.3, -0.25) is 4.98 Å². The van der Waals surface area contributed by atoms with Crippen LogP contribution < -0.4 is 11.5 Å². The Bertz CT molecular complexity index is 446. The number of hydrogen-bond donors (Lipinski definition) is 2. The van der Waals surface area contributed by atoms with E-state index < -0.39 is 0 Å². The second-order valence-electron chi connectivity index (χ2n) is 6.58. The van der Waals surface area contributed by atoms with E-state index in [0.717, 1.165) is 23.6 Å². The van der Waals surface area contributed by atoms with Crippen LogP contribution in [0.5, 0.6) is 0 Å². The third-order valence-electron chi connectivity index (χ3n) is 4.97. The molecule has 0 bridgehead atoms. The number of aromatic nitrogens is 1. The number of nitrogens with two attached hydrogens (primary N) is 2. The predicted octanol–water partition coefficient (Wildman–Crippen LogP) is 2.04. The first-order valence-corrected chi connectivity index (χ1v) is 7.57. The van der Waals surface area contributed by atoms with Crippen LogP contribution in [-0.4, -0.2) is 35.6 Å². The minimum atomic E-state index is 0.0833. The van der Waals surface area contributed by atoms with Crippen molar-refractivity contribution >= 4 is 5.69 Å². The Morgan fingerprint density at radius 2 is 2.25 bits per heavy atom. The molecule has 112 valence electrons. The van der Waals surface area contributed by atoms with Crippen molar-refractivity contribution < 1.29 is 0 Å². The second kappa shape index (κ2) is 6.10. The van der Waals surface area contributed by atoms with Crippen LogP contribution in [0.15, 0.2) is 18.5 Å². The Hall–Kier alpha value is -1.13. The maximum absolute atomic E-state index is 6.62. The molecular formula is C16H28N4. The van der Waals surface area contributed by atoms with E-state index in [0.29, 0.717) is 0 Å². The minimum Gasteiger partial charge on any atom is -0.398 e. The van der Waals surface area contributed by atoms with Gasteiger partial charge in [-0.1, -0.05) is 19.8 Å². The van der Waals surface area contributed by atoms with Gasteiger partial charge in [0.05, 0.1) is 0 Å². The van der Waals surface area contributed by atoms with E-state index in [9.17, 15) is 0 Å². The zero-order valence-electron chi connectivity index (χ0n) is 13.0. The molecule has 0 aliphatic heterocycles. The van der Waals surface area contributed by atoms with Gasteiger partial charge < -0.3 is 16.4 Å². The SMILES string of the molecule is CC1CCCC(C(N)Cc2cnccc2N)(N(C)C)C1. The Kier molecular flexibility index (Phi) is 4.66. The lowest BCUT2D eigenvalue weighted by Gasteiger charge is -2.49. The minimum absolute atomic E-state index is 0.0833. The average molecular weight is 276 g/mol. The van der Waals surface area contributed by atoms with Gasteiger partial charge >= 0.3 is 0 Å². The lowest BCUT2D eigenvalue weighted by atomic mass is 9.70. The molecule has 1 saturated carbocycles. The molecule has 1 aliphatic rings. The molecule has 0 spiro atoms. The first-order chi connectivity index (χ1) is 9.45. The molecule has 1 aliphatic carbocycles. The van der Waals surface area contributed by atoms with Gasteiger partial charge in [-0.2, -0.15) is 0 Å². The molecule has 2 rings (SSSR count). The van der Waals surface area contributed by atoms with Crippen molar-refractivity contribution in [2.75, 3.05) is 19.8 Å². The molecule has 4 nitrogen and oxygen atoms in total. The molecule has 0 radical (unpaired) electrons. The van der Waals surface area contributed by atoms with Crippen molar-refractivity contribution in [1.29, 1.82) is 0 Å². The third-order valence-corrected chi connectivity index (χ3v) is 4.97. The van der Waals surface area contributed by atoms with Crippen LogP contribution in [-0.2, 0) is 6.42 Å². The molecule has 20 heavy (non-hydrogen) atoms. The van der Waals surface area contributed by atoms with E-state index in [1.54, 1.807) is 6.20 Å². The fourth-order valence-electron chi connectivity index (χ4n) is 3.67. The van der Waals surface area contributed by atoms with E-state index >= 15 is 0 Å². The molecule has 1 heterocycles. The van der Waals surface area contributed by atoms with Gasteiger partial charge in [0, 0.05) is 29.7 Å². The highest BCUT2D eigenvalue weighted by molar-refractivity contribution is 5.44. The van der Waals surface area contributed by atoms with Gasteiger partial charge in [-0.05, 0) is 50.9 Å². The number of nitrogens with zero attached hydrogens (tertiary/aromatic N) is 2. The first kappa shape index (κ1) is 15.3. The molecule has 4 heteroatoms. The number of pyridine rings is 1. The zero-order valence-corrected chi connectivity index (χ0v) is 13.0. The van der Waals surface area contributed by atoms with Crippen molar-refractivity contribution in [3.63, 3.8) is 0 Å². The molecule has 1 aromatic rings. The predicted molar refractivity (Wildman–Crippen MR) is 84.4 cm³/mol. The quantitative estimate of drug-likeness (QED) is 0.883. The molecule has 0 aromatic carbocycles. The van der Waals surface area contributed by atoms with Crippen molar-refractivity contribution in [2.45, 2.75) is 50.6 Å². The Morgan fingerprint density at radius 1 is 1.50 bits per heavy atom. The summed E-state index contributed by atoms with van der Waals surface area (Å²) in [6, 6.07) is 1.94. The highest BCUT2D eigenvalue weighted by Crippen LogP contribution is 2.38. The summed E-state index contributed by atoms with van der Waals surface area (Å²) in [5, 5.41) is 0.